The summed E-state index contributed by atoms with van der Waals surface area (Å²) in [4.78, 5) is 5.41. The number of aryl methyl sites for hydroxylation is 1. The van der Waals surface area contributed by atoms with Crippen molar-refractivity contribution >= 4 is 27.3 Å². The minimum absolute atomic E-state index is 0.367. The molecule has 1 N–H and O–H groups in total. The first-order valence-corrected chi connectivity index (χ1v) is 8.62. The average Bonchev–Trinajstić information content (AvgIpc) is 2.89. The summed E-state index contributed by atoms with van der Waals surface area (Å²) in [6.45, 7) is 6.53. The van der Waals surface area contributed by atoms with Crippen molar-refractivity contribution in [3.05, 3.63) is 56.2 Å². The number of rotatable bonds is 3. The molecule has 2 heterocycles. The second kappa shape index (κ2) is 6.39. The van der Waals surface area contributed by atoms with Crippen LogP contribution in [0.1, 0.15) is 21.4 Å². The summed E-state index contributed by atoms with van der Waals surface area (Å²) in [5.74, 6) is 0. The number of halogens is 1. The highest BCUT2D eigenvalue weighted by atomic mass is 79.9. The Balaban J connectivity index is 2.01. The van der Waals surface area contributed by atoms with Gasteiger partial charge in [-0.15, -0.1) is 11.3 Å². The van der Waals surface area contributed by atoms with E-state index in [1.54, 1.807) is 0 Å². The first kappa shape index (κ1) is 14.3. The Morgan fingerprint density at radius 3 is 2.55 bits per heavy atom. The molecular weight excluding hydrogens is 332 g/mol. The second-order valence-electron chi connectivity index (χ2n) is 5.16. The van der Waals surface area contributed by atoms with Crippen molar-refractivity contribution in [1.29, 1.82) is 0 Å². The lowest BCUT2D eigenvalue weighted by Gasteiger charge is -2.35. The number of hydrogen-bond acceptors (Lipinski definition) is 3. The van der Waals surface area contributed by atoms with Gasteiger partial charge in [-0.2, -0.15) is 0 Å². The summed E-state index contributed by atoms with van der Waals surface area (Å²) in [7, 11) is 0. The predicted octanol–water partition coefficient (Wildman–Crippen LogP) is 3.81. The molecule has 1 aliphatic rings. The number of nitrogens with one attached hydrogen (secondary N) is 1. The lowest BCUT2D eigenvalue weighted by atomic mass is 10.0. The van der Waals surface area contributed by atoms with Crippen LogP contribution in [0.15, 0.2) is 40.9 Å². The van der Waals surface area contributed by atoms with Crippen molar-refractivity contribution in [2.75, 3.05) is 26.2 Å². The number of benzene rings is 1. The van der Waals surface area contributed by atoms with Gasteiger partial charge in [0.2, 0.25) is 0 Å². The molecule has 1 aromatic carbocycles. The molecule has 1 saturated heterocycles. The molecule has 1 aromatic heterocycles. The first-order valence-electron chi connectivity index (χ1n) is 7.01. The summed E-state index contributed by atoms with van der Waals surface area (Å²) in [6, 6.07) is 13.5. The number of piperazine rings is 1. The van der Waals surface area contributed by atoms with Crippen molar-refractivity contribution in [2.24, 2.45) is 0 Å². The molecule has 3 rings (SSSR count). The molecule has 2 aromatic rings. The van der Waals surface area contributed by atoms with E-state index < -0.39 is 0 Å². The Labute approximate surface area is 132 Å². The molecule has 1 unspecified atom stereocenters. The molecule has 2 nitrogen and oxygen atoms in total. The van der Waals surface area contributed by atoms with E-state index in [9.17, 15) is 0 Å². The maximum absolute atomic E-state index is 3.73. The zero-order valence-corrected chi connectivity index (χ0v) is 14.0. The zero-order valence-electron chi connectivity index (χ0n) is 11.6. The molecule has 0 bridgehead atoms. The van der Waals surface area contributed by atoms with Crippen LogP contribution in [-0.2, 0) is 0 Å². The Kier molecular flexibility index (Phi) is 4.56. The fourth-order valence-electron chi connectivity index (χ4n) is 2.77. The Morgan fingerprint density at radius 1 is 1.15 bits per heavy atom. The van der Waals surface area contributed by atoms with Crippen LogP contribution in [0, 0.1) is 6.92 Å². The molecule has 0 spiro atoms. The molecule has 106 valence electrons. The van der Waals surface area contributed by atoms with E-state index >= 15 is 0 Å². The van der Waals surface area contributed by atoms with E-state index in [1.165, 1.54) is 19.8 Å². The summed E-state index contributed by atoms with van der Waals surface area (Å²) in [5, 5.41) is 3.44. The van der Waals surface area contributed by atoms with Crippen LogP contribution in [0.3, 0.4) is 0 Å². The minimum atomic E-state index is 0.367. The van der Waals surface area contributed by atoms with Gasteiger partial charge in [-0.1, -0.05) is 34.1 Å². The summed E-state index contributed by atoms with van der Waals surface area (Å²) >= 11 is 5.64. The topological polar surface area (TPSA) is 15.3 Å². The third-order valence-corrected chi connectivity index (χ3v) is 5.52. The Hall–Kier alpha value is -0.680. The van der Waals surface area contributed by atoms with E-state index in [2.05, 4.69) is 69.5 Å². The molecule has 0 amide bonds. The Morgan fingerprint density at radius 2 is 1.90 bits per heavy atom. The monoisotopic (exact) mass is 350 g/mol. The van der Waals surface area contributed by atoms with Crippen LogP contribution >= 0.6 is 27.3 Å². The molecular formula is C16H19BrN2S. The predicted molar refractivity (Wildman–Crippen MR) is 89.5 cm³/mol. The molecule has 20 heavy (non-hydrogen) atoms. The van der Waals surface area contributed by atoms with Crippen LogP contribution in [0.4, 0.5) is 0 Å². The number of hydrogen-bond donors (Lipinski definition) is 1. The van der Waals surface area contributed by atoms with Crippen LogP contribution in [-0.4, -0.2) is 31.1 Å². The third-order valence-electron chi connectivity index (χ3n) is 3.75. The van der Waals surface area contributed by atoms with Gasteiger partial charge in [-0.3, -0.25) is 4.90 Å². The highest BCUT2D eigenvalue weighted by molar-refractivity contribution is 9.10. The SMILES string of the molecule is Cc1ccc(C(c2ccccc2Br)N2CCNCC2)s1. The van der Waals surface area contributed by atoms with Gasteiger partial charge < -0.3 is 5.32 Å². The van der Waals surface area contributed by atoms with Gasteiger partial charge in [0, 0.05) is 40.4 Å². The van der Waals surface area contributed by atoms with Crippen molar-refractivity contribution in [1.82, 2.24) is 10.2 Å². The van der Waals surface area contributed by atoms with E-state index in [0.29, 0.717) is 6.04 Å². The van der Waals surface area contributed by atoms with Gasteiger partial charge in [0.1, 0.15) is 0 Å². The van der Waals surface area contributed by atoms with Crippen molar-refractivity contribution in [3.8, 4) is 0 Å². The van der Waals surface area contributed by atoms with Crippen molar-refractivity contribution < 1.29 is 0 Å². The maximum atomic E-state index is 3.73. The fourth-order valence-corrected chi connectivity index (χ4v) is 4.30. The maximum Gasteiger partial charge on any atom is 0.0708 e. The number of thiophene rings is 1. The van der Waals surface area contributed by atoms with Crippen LogP contribution in [0.5, 0.6) is 0 Å². The fraction of sp³-hybridized carbons (Fsp3) is 0.375. The van der Waals surface area contributed by atoms with Gasteiger partial charge in [-0.05, 0) is 30.7 Å². The molecule has 0 aliphatic carbocycles. The summed E-state index contributed by atoms with van der Waals surface area (Å²) < 4.78 is 1.20. The van der Waals surface area contributed by atoms with E-state index in [0.717, 1.165) is 26.2 Å². The van der Waals surface area contributed by atoms with Gasteiger partial charge in [-0.25, -0.2) is 0 Å². The molecule has 1 atom stereocenters. The molecule has 4 heteroatoms. The Bertz CT molecular complexity index is 575. The average molecular weight is 351 g/mol. The molecule has 1 fully saturated rings. The third kappa shape index (κ3) is 2.98. The van der Waals surface area contributed by atoms with Crippen molar-refractivity contribution in [3.63, 3.8) is 0 Å². The minimum Gasteiger partial charge on any atom is -0.314 e. The van der Waals surface area contributed by atoms with Gasteiger partial charge >= 0.3 is 0 Å². The zero-order chi connectivity index (χ0) is 13.9. The van der Waals surface area contributed by atoms with Crippen molar-refractivity contribution in [2.45, 2.75) is 13.0 Å². The summed E-state index contributed by atoms with van der Waals surface area (Å²) in [6.07, 6.45) is 0. The largest absolute Gasteiger partial charge is 0.314 e. The lowest BCUT2D eigenvalue weighted by Crippen LogP contribution is -2.45. The second-order valence-corrected chi connectivity index (χ2v) is 7.33. The highest BCUT2D eigenvalue weighted by Gasteiger charge is 2.26. The smallest absolute Gasteiger partial charge is 0.0708 e. The first-order chi connectivity index (χ1) is 9.75. The van der Waals surface area contributed by atoms with E-state index in [-0.39, 0.29) is 0 Å². The normalized spacial score (nSPS) is 18.1. The lowest BCUT2D eigenvalue weighted by molar-refractivity contribution is 0.200. The summed E-state index contributed by atoms with van der Waals surface area (Å²) in [5.41, 5.74) is 1.37. The molecule has 0 radical (unpaired) electrons. The molecule has 0 saturated carbocycles. The van der Waals surface area contributed by atoms with E-state index in [4.69, 9.17) is 0 Å². The van der Waals surface area contributed by atoms with Gasteiger partial charge in [0.25, 0.3) is 0 Å². The highest BCUT2D eigenvalue weighted by Crippen LogP contribution is 2.36. The standard InChI is InChI=1S/C16H19BrN2S/c1-12-6-7-15(20-12)16(19-10-8-18-9-11-19)13-4-2-3-5-14(13)17/h2-7,16,18H,8-11H2,1H3. The van der Waals surface area contributed by atoms with Crippen LogP contribution in [0.2, 0.25) is 0 Å². The number of nitrogens with zero attached hydrogens (tertiary/aromatic N) is 1. The van der Waals surface area contributed by atoms with Crippen LogP contribution in [0.25, 0.3) is 0 Å². The molecule has 1 aliphatic heterocycles. The van der Waals surface area contributed by atoms with Gasteiger partial charge in [0.15, 0.2) is 0 Å². The quantitative estimate of drug-likeness (QED) is 0.905. The van der Waals surface area contributed by atoms with E-state index in [1.807, 2.05) is 11.3 Å². The van der Waals surface area contributed by atoms with Gasteiger partial charge in [0.05, 0.1) is 6.04 Å². The van der Waals surface area contributed by atoms with Crippen LogP contribution < -0.4 is 5.32 Å².